The van der Waals surface area contributed by atoms with Gasteiger partial charge in [0.25, 0.3) is 0 Å². The van der Waals surface area contributed by atoms with Crippen LogP contribution in [-0.4, -0.2) is 31.7 Å². The van der Waals surface area contributed by atoms with Crippen molar-refractivity contribution in [3.63, 3.8) is 0 Å². The first-order chi connectivity index (χ1) is 10.6. The summed E-state index contributed by atoms with van der Waals surface area (Å²) >= 11 is 0. The van der Waals surface area contributed by atoms with Crippen molar-refractivity contribution in [1.29, 1.82) is 0 Å². The SMILES string of the molecule is CC1CCN(S(=O)(=O)c2ccc(NC(=O)C(C)(C)C)cc2)CC1. The summed E-state index contributed by atoms with van der Waals surface area (Å²) in [7, 11) is -3.44. The third-order valence-corrected chi connectivity index (χ3v) is 6.09. The molecule has 0 bridgehead atoms. The van der Waals surface area contributed by atoms with Crippen LogP contribution in [0, 0.1) is 11.3 Å². The lowest BCUT2D eigenvalue weighted by Crippen LogP contribution is -2.37. The summed E-state index contributed by atoms with van der Waals surface area (Å²) < 4.78 is 26.8. The minimum Gasteiger partial charge on any atom is -0.326 e. The molecule has 0 aliphatic carbocycles. The number of rotatable bonds is 3. The molecule has 0 radical (unpaired) electrons. The zero-order valence-electron chi connectivity index (χ0n) is 14.3. The van der Waals surface area contributed by atoms with E-state index in [-0.39, 0.29) is 10.8 Å². The Hall–Kier alpha value is -1.40. The first-order valence-electron chi connectivity index (χ1n) is 8.02. The maximum Gasteiger partial charge on any atom is 0.243 e. The summed E-state index contributed by atoms with van der Waals surface area (Å²) in [5, 5.41) is 2.80. The van der Waals surface area contributed by atoms with Crippen molar-refractivity contribution >= 4 is 21.6 Å². The van der Waals surface area contributed by atoms with Gasteiger partial charge in [-0.2, -0.15) is 4.31 Å². The van der Waals surface area contributed by atoms with Gasteiger partial charge in [-0.1, -0.05) is 27.7 Å². The second-order valence-electron chi connectivity index (χ2n) is 7.32. The number of anilines is 1. The average molecular weight is 338 g/mol. The number of nitrogens with one attached hydrogen (secondary N) is 1. The number of benzene rings is 1. The van der Waals surface area contributed by atoms with Gasteiger partial charge in [-0.15, -0.1) is 0 Å². The van der Waals surface area contributed by atoms with E-state index in [0.29, 0.717) is 24.7 Å². The van der Waals surface area contributed by atoms with Crippen LogP contribution in [0.1, 0.15) is 40.5 Å². The summed E-state index contributed by atoms with van der Waals surface area (Å²) in [6.45, 7) is 8.80. The quantitative estimate of drug-likeness (QED) is 0.921. The van der Waals surface area contributed by atoms with Gasteiger partial charge in [-0.05, 0) is 43.0 Å². The topological polar surface area (TPSA) is 66.5 Å². The van der Waals surface area contributed by atoms with Crippen LogP contribution in [0.2, 0.25) is 0 Å². The van der Waals surface area contributed by atoms with Gasteiger partial charge < -0.3 is 5.32 Å². The van der Waals surface area contributed by atoms with Gasteiger partial charge in [0.15, 0.2) is 0 Å². The van der Waals surface area contributed by atoms with Crippen LogP contribution in [0.4, 0.5) is 5.69 Å². The Morgan fingerprint density at radius 3 is 2.13 bits per heavy atom. The summed E-state index contributed by atoms with van der Waals surface area (Å²) in [5.41, 5.74) is 0.117. The van der Waals surface area contributed by atoms with E-state index >= 15 is 0 Å². The number of nitrogens with zero attached hydrogens (tertiary/aromatic N) is 1. The fourth-order valence-electron chi connectivity index (χ4n) is 2.40. The molecule has 1 heterocycles. The van der Waals surface area contributed by atoms with E-state index in [9.17, 15) is 13.2 Å². The van der Waals surface area contributed by atoms with Crippen LogP contribution >= 0.6 is 0 Å². The number of sulfonamides is 1. The van der Waals surface area contributed by atoms with Crippen LogP contribution < -0.4 is 5.32 Å². The molecule has 1 aliphatic rings. The minimum atomic E-state index is -3.44. The Bertz CT molecular complexity index is 652. The van der Waals surface area contributed by atoms with Crippen molar-refractivity contribution in [3.05, 3.63) is 24.3 Å². The molecule has 1 aliphatic heterocycles. The summed E-state index contributed by atoms with van der Waals surface area (Å²) in [6.07, 6.45) is 1.80. The molecule has 5 nitrogen and oxygen atoms in total. The van der Waals surface area contributed by atoms with E-state index in [1.807, 2.05) is 20.8 Å². The molecule has 0 unspecified atom stereocenters. The largest absolute Gasteiger partial charge is 0.326 e. The summed E-state index contributed by atoms with van der Waals surface area (Å²) in [4.78, 5) is 12.2. The highest BCUT2D eigenvalue weighted by molar-refractivity contribution is 7.89. The van der Waals surface area contributed by atoms with Gasteiger partial charge in [0, 0.05) is 24.2 Å². The van der Waals surface area contributed by atoms with Crippen molar-refractivity contribution in [1.82, 2.24) is 4.31 Å². The molecular weight excluding hydrogens is 312 g/mol. The number of hydrogen-bond acceptors (Lipinski definition) is 3. The predicted octanol–water partition coefficient (Wildman–Crippen LogP) is 3.09. The lowest BCUT2D eigenvalue weighted by atomic mass is 9.95. The van der Waals surface area contributed by atoms with Crippen molar-refractivity contribution in [2.45, 2.75) is 45.4 Å². The molecule has 23 heavy (non-hydrogen) atoms. The average Bonchev–Trinajstić information content (AvgIpc) is 2.47. The van der Waals surface area contributed by atoms with E-state index in [2.05, 4.69) is 12.2 Å². The lowest BCUT2D eigenvalue weighted by molar-refractivity contribution is -0.123. The summed E-state index contributed by atoms with van der Waals surface area (Å²) in [5.74, 6) is 0.481. The Kier molecular flexibility index (Phi) is 5.16. The Labute approximate surface area is 139 Å². The van der Waals surface area contributed by atoms with E-state index in [1.165, 1.54) is 0 Å². The smallest absolute Gasteiger partial charge is 0.243 e. The van der Waals surface area contributed by atoms with Gasteiger partial charge >= 0.3 is 0 Å². The van der Waals surface area contributed by atoms with Crippen molar-refractivity contribution < 1.29 is 13.2 Å². The maximum absolute atomic E-state index is 12.6. The van der Waals surface area contributed by atoms with Crippen LogP contribution in [0.5, 0.6) is 0 Å². The molecule has 6 heteroatoms. The number of carbonyl (C=O) groups excluding carboxylic acids is 1. The normalized spacial score (nSPS) is 17.9. The standard InChI is InChI=1S/C17H26N2O3S/c1-13-9-11-19(12-10-13)23(21,22)15-7-5-14(6-8-15)18-16(20)17(2,3)4/h5-8,13H,9-12H2,1-4H3,(H,18,20). The Morgan fingerprint density at radius 2 is 1.65 bits per heavy atom. The zero-order chi connectivity index (χ0) is 17.3. The molecule has 1 aromatic rings. The highest BCUT2D eigenvalue weighted by Crippen LogP contribution is 2.25. The number of carbonyl (C=O) groups is 1. The fourth-order valence-corrected chi connectivity index (χ4v) is 3.87. The van der Waals surface area contributed by atoms with Crippen LogP contribution in [0.25, 0.3) is 0 Å². The molecule has 1 fully saturated rings. The Morgan fingerprint density at radius 1 is 1.13 bits per heavy atom. The van der Waals surface area contributed by atoms with Crippen molar-refractivity contribution in [2.75, 3.05) is 18.4 Å². The predicted molar refractivity (Wildman–Crippen MR) is 91.7 cm³/mol. The molecule has 0 aromatic heterocycles. The lowest BCUT2D eigenvalue weighted by Gasteiger charge is -2.29. The molecule has 128 valence electrons. The molecule has 0 atom stereocenters. The van der Waals surface area contributed by atoms with Gasteiger partial charge in [0.1, 0.15) is 0 Å². The van der Waals surface area contributed by atoms with Crippen LogP contribution in [-0.2, 0) is 14.8 Å². The molecule has 1 aromatic carbocycles. The minimum absolute atomic E-state index is 0.0990. The van der Waals surface area contributed by atoms with Crippen molar-refractivity contribution in [3.8, 4) is 0 Å². The third kappa shape index (κ3) is 4.32. The second-order valence-corrected chi connectivity index (χ2v) is 9.25. The van der Waals surface area contributed by atoms with Crippen LogP contribution in [0.15, 0.2) is 29.2 Å². The third-order valence-electron chi connectivity index (χ3n) is 4.17. The van der Waals surface area contributed by atoms with E-state index in [0.717, 1.165) is 12.8 Å². The molecule has 1 amide bonds. The zero-order valence-corrected chi connectivity index (χ0v) is 15.1. The van der Waals surface area contributed by atoms with Gasteiger partial charge in [-0.25, -0.2) is 8.42 Å². The second kappa shape index (κ2) is 6.61. The highest BCUT2D eigenvalue weighted by atomic mass is 32.2. The fraction of sp³-hybridized carbons (Fsp3) is 0.588. The molecule has 1 saturated heterocycles. The van der Waals surface area contributed by atoms with Gasteiger partial charge in [-0.3, -0.25) is 4.79 Å². The van der Waals surface area contributed by atoms with Crippen LogP contribution in [0.3, 0.4) is 0 Å². The first-order valence-corrected chi connectivity index (χ1v) is 9.46. The highest BCUT2D eigenvalue weighted by Gasteiger charge is 2.28. The van der Waals surface area contributed by atoms with Crippen molar-refractivity contribution in [2.24, 2.45) is 11.3 Å². The van der Waals surface area contributed by atoms with E-state index in [1.54, 1.807) is 28.6 Å². The summed E-state index contributed by atoms with van der Waals surface area (Å²) in [6, 6.07) is 6.41. The van der Waals surface area contributed by atoms with E-state index in [4.69, 9.17) is 0 Å². The monoisotopic (exact) mass is 338 g/mol. The van der Waals surface area contributed by atoms with E-state index < -0.39 is 15.4 Å². The number of amides is 1. The number of piperidine rings is 1. The number of hydrogen-bond donors (Lipinski definition) is 1. The molecular formula is C17H26N2O3S. The molecule has 0 spiro atoms. The molecule has 1 N–H and O–H groups in total. The first kappa shape index (κ1) is 17.9. The molecule has 2 rings (SSSR count). The Balaban J connectivity index is 2.11. The maximum atomic E-state index is 12.6. The van der Waals surface area contributed by atoms with Gasteiger partial charge in [0.05, 0.1) is 4.90 Å². The van der Waals surface area contributed by atoms with Gasteiger partial charge in [0.2, 0.25) is 15.9 Å². The molecule has 0 saturated carbocycles.